The Bertz CT molecular complexity index is 173. The summed E-state index contributed by atoms with van der Waals surface area (Å²) in [6.07, 6.45) is 1.15. The van der Waals surface area contributed by atoms with Gasteiger partial charge in [0.1, 0.15) is 4.58 Å². The zero-order valence-corrected chi connectivity index (χ0v) is 7.96. The van der Waals surface area contributed by atoms with Crippen molar-refractivity contribution in [1.82, 2.24) is 0 Å². The van der Waals surface area contributed by atoms with Gasteiger partial charge in [-0.15, -0.1) is 23.5 Å². The maximum Gasteiger partial charge on any atom is 0.220 e. The fraction of sp³-hybridized carbons (Fsp3) is 0.714. The highest BCUT2D eigenvalue weighted by Gasteiger charge is 2.24. The molecule has 11 heavy (non-hydrogen) atoms. The van der Waals surface area contributed by atoms with Crippen LogP contribution in [0.4, 0.5) is 0 Å². The van der Waals surface area contributed by atoms with Gasteiger partial charge in [0.15, 0.2) is 5.78 Å². The molecule has 0 saturated carbocycles. The van der Waals surface area contributed by atoms with E-state index in [1.54, 1.807) is 23.5 Å². The van der Waals surface area contributed by atoms with Gasteiger partial charge in [0.25, 0.3) is 0 Å². The van der Waals surface area contributed by atoms with Crippen LogP contribution in [0, 0.1) is 0 Å². The van der Waals surface area contributed by atoms with Gasteiger partial charge in [-0.05, 0) is 17.9 Å². The van der Waals surface area contributed by atoms with Gasteiger partial charge < -0.3 is 0 Å². The third-order valence-corrected chi connectivity index (χ3v) is 4.29. The Hall–Kier alpha value is 0.0400. The summed E-state index contributed by atoms with van der Waals surface area (Å²) in [6, 6.07) is 0. The van der Waals surface area contributed by atoms with Gasteiger partial charge in [-0.25, -0.2) is 0 Å². The smallest absolute Gasteiger partial charge is 0.220 e. The fourth-order valence-corrected chi connectivity index (χ4v) is 3.63. The average molecular weight is 190 g/mol. The molecule has 1 aliphatic heterocycles. The number of hydrogen-bond donors (Lipinski definition) is 0. The first-order valence-corrected chi connectivity index (χ1v) is 5.59. The molecule has 0 N–H and O–H groups in total. The third-order valence-electron chi connectivity index (χ3n) is 1.39. The molecule has 0 spiro atoms. The summed E-state index contributed by atoms with van der Waals surface area (Å²) in [6.45, 7) is 1.35. The monoisotopic (exact) mass is 190 g/mol. The molecule has 0 atom stereocenters. The van der Waals surface area contributed by atoms with E-state index < -0.39 is 0 Å². The van der Waals surface area contributed by atoms with Crippen molar-refractivity contribution in [3.05, 3.63) is 0 Å². The summed E-state index contributed by atoms with van der Waals surface area (Å²) in [4.78, 5) is 21.8. The van der Waals surface area contributed by atoms with Gasteiger partial charge in [-0.1, -0.05) is 0 Å². The number of carbonyl (C=O) groups is 2. The summed E-state index contributed by atoms with van der Waals surface area (Å²) in [5, 5.41) is 0. The largest absolute Gasteiger partial charge is 0.291 e. The molecule has 1 fully saturated rings. The minimum Gasteiger partial charge on any atom is -0.291 e. The lowest BCUT2D eigenvalue weighted by atomic mass is 10.3. The normalized spacial score (nSPS) is 19.7. The first-order chi connectivity index (χ1) is 5.22. The molecule has 2 nitrogen and oxygen atoms in total. The predicted molar refractivity (Wildman–Crippen MR) is 49.0 cm³/mol. The number of carbonyl (C=O) groups excluding carboxylic acids is 2. The summed E-state index contributed by atoms with van der Waals surface area (Å²) < 4.78 is -0.110. The SMILES string of the molecule is CC(=O)C(=O)C1SCCCS1. The molecule has 0 unspecified atom stereocenters. The van der Waals surface area contributed by atoms with Crippen LogP contribution in [-0.4, -0.2) is 27.7 Å². The van der Waals surface area contributed by atoms with E-state index in [-0.39, 0.29) is 16.1 Å². The van der Waals surface area contributed by atoms with E-state index in [1.165, 1.54) is 6.92 Å². The second-order valence-corrected chi connectivity index (χ2v) is 5.07. The third kappa shape index (κ3) is 2.52. The van der Waals surface area contributed by atoms with Gasteiger partial charge in [0, 0.05) is 6.92 Å². The number of Topliss-reactive ketones (excluding diaryl/α,β-unsaturated/α-hetero) is 2. The lowest BCUT2D eigenvalue weighted by Gasteiger charge is -2.17. The zero-order chi connectivity index (χ0) is 8.27. The first kappa shape index (κ1) is 9.13. The molecule has 1 saturated heterocycles. The van der Waals surface area contributed by atoms with Gasteiger partial charge in [0.2, 0.25) is 5.78 Å². The summed E-state index contributed by atoms with van der Waals surface area (Å²) in [5.74, 6) is 1.49. The first-order valence-electron chi connectivity index (χ1n) is 3.50. The number of thioether (sulfide) groups is 2. The molecule has 62 valence electrons. The minimum atomic E-state index is -0.308. The Morgan fingerprint density at radius 1 is 1.27 bits per heavy atom. The Morgan fingerprint density at radius 2 is 1.82 bits per heavy atom. The number of ketones is 2. The second-order valence-electron chi connectivity index (χ2n) is 2.35. The van der Waals surface area contributed by atoms with E-state index in [9.17, 15) is 9.59 Å². The van der Waals surface area contributed by atoms with E-state index in [0.29, 0.717) is 0 Å². The molecule has 0 bridgehead atoms. The van der Waals surface area contributed by atoms with E-state index >= 15 is 0 Å². The minimum absolute atomic E-state index is 0.110. The van der Waals surface area contributed by atoms with E-state index in [4.69, 9.17) is 0 Å². The van der Waals surface area contributed by atoms with Crippen molar-refractivity contribution in [2.45, 2.75) is 17.9 Å². The molecule has 1 aliphatic rings. The molecule has 1 rings (SSSR count). The molecular formula is C7H10O2S2. The quantitative estimate of drug-likeness (QED) is 0.615. The van der Waals surface area contributed by atoms with Gasteiger partial charge in [0.05, 0.1) is 0 Å². The van der Waals surface area contributed by atoms with Crippen LogP contribution in [-0.2, 0) is 9.59 Å². The van der Waals surface area contributed by atoms with Crippen LogP contribution in [0.25, 0.3) is 0 Å². The molecule has 4 heteroatoms. The lowest BCUT2D eigenvalue weighted by molar-refractivity contribution is -0.134. The van der Waals surface area contributed by atoms with Crippen LogP contribution < -0.4 is 0 Å². The molecule has 0 aromatic rings. The van der Waals surface area contributed by atoms with E-state index in [2.05, 4.69) is 0 Å². The van der Waals surface area contributed by atoms with Crippen LogP contribution in [0.5, 0.6) is 0 Å². The Kier molecular flexibility index (Phi) is 3.45. The molecule has 0 radical (unpaired) electrons. The Morgan fingerprint density at radius 3 is 2.27 bits per heavy atom. The van der Waals surface area contributed by atoms with Crippen molar-refractivity contribution in [2.24, 2.45) is 0 Å². The maximum absolute atomic E-state index is 11.1. The zero-order valence-electron chi connectivity index (χ0n) is 6.33. The van der Waals surface area contributed by atoms with E-state index in [0.717, 1.165) is 17.9 Å². The molecule has 0 aromatic heterocycles. The highest BCUT2D eigenvalue weighted by Crippen LogP contribution is 2.31. The highest BCUT2D eigenvalue weighted by molar-refractivity contribution is 8.18. The van der Waals surface area contributed by atoms with Gasteiger partial charge in [-0.2, -0.15) is 0 Å². The van der Waals surface area contributed by atoms with Gasteiger partial charge >= 0.3 is 0 Å². The van der Waals surface area contributed by atoms with Crippen LogP contribution in [0.3, 0.4) is 0 Å². The fourth-order valence-electron chi connectivity index (χ4n) is 0.805. The average Bonchev–Trinajstić information content (AvgIpc) is 2.05. The molecule has 0 aromatic carbocycles. The van der Waals surface area contributed by atoms with Crippen LogP contribution in [0.15, 0.2) is 0 Å². The summed E-state index contributed by atoms with van der Waals surface area (Å²) in [7, 11) is 0. The van der Waals surface area contributed by atoms with Crippen LogP contribution in [0.1, 0.15) is 13.3 Å². The maximum atomic E-state index is 11.1. The highest BCUT2D eigenvalue weighted by atomic mass is 32.2. The van der Waals surface area contributed by atoms with Gasteiger partial charge in [-0.3, -0.25) is 9.59 Å². The summed E-state index contributed by atoms with van der Waals surface area (Å²) in [5.41, 5.74) is 0. The van der Waals surface area contributed by atoms with Crippen LogP contribution >= 0.6 is 23.5 Å². The standard InChI is InChI=1S/C7H10O2S2/c1-5(8)6(9)7-10-3-2-4-11-7/h7H,2-4H2,1H3. The van der Waals surface area contributed by atoms with Crippen molar-refractivity contribution >= 4 is 35.1 Å². The number of hydrogen-bond acceptors (Lipinski definition) is 4. The Balaban J connectivity index is 2.45. The van der Waals surface area contributed by atoms with Crippen molar-refractivity contribution in [3.8, 4) is 0 Å². The second kappa shape index (κ2) is 4.16. The molecule has 0 aliphatic carbocycles. The van der Waals surface area contributed by atoms with Crippen molar-refractivity contribution < 1.29 is 9.59 Å². The van der Waals surface area contributed by atoms with Crippen molar-refractivity contribution in [2.75, 3.05) is 11.5 Å². The predicted octanol–water partition coefficient (Wildman–Crippen LogP) is 1.34. The molecular weight excluding hydrogens is 180 g/mol. The van der Waals surface area contributed by atoms with Crippen LogP contribution in [0.2, 0.25) is 0 Å². The topological polar surface area (TPSA) is 34.1 Å². The lowest BCUT2D eigenvalue weighted by Crippen LogP contribution is -2.24. The molecule has 0 amide bonds. The Labute approximate surface area is 74.5 Å². The van der Waals surface area contributed by atoms with Crippen molar-refractivity contribution in [3.63, 3.8) is 0 Å². The van der Waals surface area contributed by atoms with Crippen molar-refractivity contribution in [1.29, 1.82) is 0 Å². The number of rotatable bonds is 2. The van der Waals surface area contributed by atoms with E-state index in [1.807, 2.05) is 0 Å². The molecule has 1 heterocycles. The summed E-state index contributed by atoms with van der Waals surface area (Å²) >= 11 is 3.18.